The Morgan fingerprint density at radius 3 is 2.32 bits per heavy atom. The van der Waals surface area contributed by atoms with Crippen LogP contribution in [-0.2, 0) is 13.0 Å². The molecule has 2 fully saturated rings. The van der Waals surface area contributed by atoms with E-state index in [1.807, 2.05) is 13.1 Å². The maximum absolute atomic E-state index is 12.4. The molecular formula is C27H31F3N2O2. The number of halogens is 3. The van der Waals surface area contributed by atoms with E-state index in [1.165, 1.54) is 63.0 Å². The standard InChI is InChI=1S/C27H31F3N2O2/c1-18-12-22(13-19-8-10-31(11-9-19)15-20-2-3-20)14-23-17-32(26(33)25(18)23)16-21-4-6-24(7-5-21)34-27(28,29)30/h4-7,12,14,17,19-20,33H,2-3,8-11,13,15-16H2,1H3. The number of aromatic hydroxyl groups is 1. The van der Waals surface area contributed by atoms with Gasteiger partial charge in [-0.05, 0) is 98.8 Å². The lowest BCUT2D eigenvalue weighted by Crippen LogP contribution is -2.35. The minimum absolute atomic E-state index is 0.183. The van der Waals surface area contributed by atoms with Gasteiger partial charge in [-0.3, -0.25) is 0 Å². The van der Waals surface area contributed by atoms with Gasteiger partial charge in [-0.1, -0.05) is 18.2 Å². The summed E-state index contributed by atoms with van der Waals surface area (Å²) < 4.78 is 42.8. The van der Waals surface area contributed by atoms with Gasteiger partial charge in [0.15, 0.2) is 5.88 Å². The van der Waals surface area contributed by atoms with Gasteiger partial charge in [-0.15, -0.1) is 13.2 Å². The summed E-state index contributed by atoms with van der Waals surface area (Å²) in [7, 11) is 0. The predicted molar refractivity (Wildman–Crippen MR) is 126 cm³/mol. The highest BCUT2D eigenvalue weighted by Gasteiger charge is 2.31. The molecule has 3 aromatic rings. The van der Waals surface area contributed by atoms with Gasteiger partial charge in [0.05, 0.1) is 6.54 Å². The van der Waals surface area contributed by atoms with Gasteiger partial charge in [-0.25, -0.2) is 0 Å². The summed E-state index contributed by atoms with van der Waals surface area (Å²) in [6.07, 6.45) is 3.57. The van der Waals surface area contributed by atoms with Crippen LogP contribution in [0.25, 0.3) is 10.8 Å². The van der Waals surface area contributed by atoms with Crippen LogP contribution in [0.2, 0.25) is 0 Å². The number of aryl methyl sites for hydroxylation is 1. The molecule has 0 amide bonds. The van der Waals surface area contributed by atoms with E-state index in [1.54, 1.807) is 16.7 Å². The lowest BCUT2D eigenvalue weighted by Gasteiger charge is -2.32. The molecule has 0 unspecified atom stereocenters. The number of hydrogen-bond acceptors (Lipinski definition) is 3. The first-order valence-corrected chi connectivity index (χ1v) is 12.1. The Morgan fingerprint density at radius 2 is 1.68 bits per heavy atom. The molecule has 182 valence electrons. The summed E-state index contributed by atoms with van der Waals surface area (Å²) >= 11 is 0. The van der Waals surface area contributed by atoms with Crippen molar-refractivity contribution in [1.29, 1.82) is 0 Å². The molecule has 0 atom stereocenters. The zero-order valence-electron chi connectivity index (χ0n) is 19.4. The number of likely N-dealkylation sites (tertiary alicyclic amines) is 1. The first-order chi connectivity index (χ1) is 16.2. The average molecular weight is 473 g/mol. The second-order valence-electron chi connectivity index (χ2n) is 10.0. The van der Waals surface area contributed by atoms with Gasteiger partial charge >= 0.3 is 6.36 Å². The van der Waals surface area contributed by atoms with Crippen molar-refractivity contribution in [2.45, 2.75) is 51.9 Å². The average Bonchev–Trinajstić information content (AvgIpc) is 3.53. The van der Waals surface area contributed by atoms with Gasteiger partial charge in [-0.2, -0.15) is 0 Å². The van der Waals surface area contributed by atoms with Crippen LogP contribution in [0, 0.1) is 18.8 Å². The van der Waals surface area contributed by atoms with Crippen molar-refractivity contribution in [2.75, 3.05) is 19.6 Å². The highest BCUT2D eigenvalue weighted by atomic mass is 19.4. The van der Waals surface area contributed by atoms with E-state index in [4.69, 9.17) is 0 Å². The molecule has 1 saturated heterocycles. The molecule has 2 heterocycles. The molecule has 1 aromatic heterocycles. The summed E-state index contributed by atoms with van der Waals surface area (Å²) in [5, 5.41) is 12.7. The summed E-state index contributed by atoms with van der Waals surface area (Å²) in [6.45, 7) is 6.07. The number of nitrogens with zero attached hydrogens (tertiary/aromatic N) is 2. The largest absolute Gasteiger partial charge is 0.573 e. The van der Waals surface area contributed by atoms with E-state index in [0.29, 0.717) is 12.5 Å². The number of hydrogen-bond donors (Lipinski definition) is 1. The molecule has 34 heavy (non-hydrogen) atoms. The summed E-state index contributed by atoms with van der Waals surface area (Å²) in [5.41, 5.74) is 3.13. The normalized spacial score (nSPS) is 18.0. The van der Waals surface area contributed by atoms with Gasteiger partial charge < -0.3 is 19.3 Å². The summed E-state index contributed by atoms with van der Waals surface area (Å²) in [4.78, 5) is 2.63. The third-order valence-electron chi connectivity index (χ3n) is 7.17. The van der Waals surface area contributed by atoms with Crippen molar-refractivity contribution >= 4 is 10.8 Å². The molecule has 5 rings (SSSR count). The Balaban J connectivity index is 1.26. The molecule has 1 saturated carbocycles. The third-order valence-corrected chi connectivity index (χ3v) is 7.17. The fraction of sp³-hybridized carbons (Fsp3) is 0.481. The minimum Gasteiger partial charge on any atom is -0.494 e. The molecule has 0 radical (unpaired) electrons. The van der Waals surface area contributed by atoms with Crippen LogP contribution in [0.15, 0.2) is 42.6 Å². The maximum Gasteiger partial charge on any atom is 0.573 e. The van der Waals surface area contributed by atoms with Crippen molar-refractivity contribution < 1.29 is 23.0 Å². The van der Waals surface area contributed by atoms with Crippen LogP contribution in [0.3, 0.4) is 0 Å². The lowest BCUT2D eigenvalue weighted by atomic mass is 9.89. The van der Waals surface area contributed by atoms with E-state index in [2.05, 4.69) is 21.8 Å². The number of alkyl halides is 3. The Morgan fingerprint density at radius 1 is 0.971 bits per heavy atom. The predicted octanol–water partition coefficient (Wildman–Crippen LogP) is 6.27. The first-order valence-electron chi connectivity index (χ1n) is 12.1. The highest BCUT2D eigenvalue weighted by Crippen LogP contribution is 2.35. The summed E-state index contributed by atoms with van der Waals surface area (Å²) in [6, 6.07) is 10.1. The smallest absolute Gasteiger partial charge is 0.494 e. The van der Waals surface area contributed by atoms with Crippen molar-refractivity contribution in [3.63, 3.8) is 0 Å². The molecular weight excluding hydrogens is 441 g/mol. The molecule has 7 heteroatoms. The molecule has 1 aliphatic carbocycles. The number of benzene rings is 2. The van der Waals surface area contributed by atoms with Crippen LogP contribution < -0.4 is 4.74 Å². The van der Waals surface area contributed by atoms with Crippen LogP contribution in [-0.4, -0.2) is 40.6 Å². The SMILES string of the molecule is Cc1cc(CC2CCN(CC3CC3)CC2)cc2cn(Cc3ccc(OC(F)(F)F)cc3)c(O)c12. The van der Waals surface area contributed by atoms with Crippen molar-refractivity contribution in [3.8, 4) is 11.6 Å². The molecule has 4 nitrogen and oxygen atoms in total. The van der Waals surface area contributed by atoms with E-state index in [-0.39, 0.29) is 11.6 Å². The van der Waals surface area contributed by atoms with Crippen molar-refractivity contribution in [2.24, 2.45) is 11.8 Å². The lowest BCUT2D eigenvalue weighted by molar-refractivity contribution is -0.274. The van der Waals surface area contributed by atoms with Gasteiger partial charge in [0.25, 0.3) is 0 Å². The minimum atomic E-state index is -4.71. The van der Waals surface area contributed by atoms with Crippen LogP contribution in [0.5, 0.6) is 11.6 Å². The van der Waals surface area contributed by atoms with E-state index < -0.39 is 6.36 Å². The van der Waals surface area contributed by atoms with Gasteiger partial charge in [0, 0.05) is 23.5 Å². The summed E-state index contributed by atoms with van der Waals surface area (Å²) in [5.74, 6) is 1.57. The van der Waals surface area contributed by atoms with E-state index >= 15 is 0 Å². The molecule has 1 N–H and O–H groups in total. The van der Waals surface area contributed by atoms with Crippen LogP contribution in [0.4, 0.5) is 13.2 Å². The van der Waals surface area contributed by atoms with Gasteiger partial charge in [0.2, 0.25) is 0 Å². The van der Waals surface area contributed by atoms with Crippen LogP contribution in [0.1, 0.15) is 42.4 Å². The molecule has 2 aromatic carbocycles. The number of aromatic nitrogens is 1. The third kappa shape index (κ3) is 5.52. The quantitative estimate of drug-likeness (QED) is 0.441. The molecule has 0 bridgehead atoms. The number of fused-ring (bicyclic) bond motifs is 1. The first kappa shape index (κ1) is 23.1. The second-order valence-corrected chi connectivity index (χ2v) is 10.0. The van der Waals surface area contributed by atoms with E-state index in [9.17, 15) is 18.3 Å². The number of rotatable bonds is 7. The zero-order chi connectivity index (χ0) is 23.9. The Hall–Kier alpha value is -2.67. The molecule has 1 aliphatic heterocycles. The molecule has 0 spiro atoms. The number of ether oxygens (including phenoxy) is 1. The Kier molecular flexibility index (Phi) is 6.23. The monoisotopic (exact) mass is 472 g/mol. The number of piperidine rings is 1. The van der Waals surface area contributed by atoms with E-state index in [0.717, 1.165) is 34.2 Å². The second kappa shape index (κ2) is 9.17. The zero-order valence-corrected chi connectivity index (χ0v) is 19.4. The van der Waals surface area contributed by atoms with Crippen molar-refractivity contribution in [1.82, 2.24) is 9.47 Å². The van der Waals surface area contributed by atoms with Crippen molar-refractivity contribution in [3.05, 3.63) is 59.3 Å². The molecule has 2 aliphatic rings. The topological polar surface area (TPSA) is 37.6 Å². The Bertz CT molecular complexity index is 1140. The Labute approximate surface area is 197 Å². The fourth-order valence-corrected chi connectivity index (χ4v) is 5.28. The maximum atomic E-state index is 12.4. The van der Waals surface area contributed by atoms with Gasteiger partial charge in [0.1, 0.15) is 5.75 Å². The highest BCUT2D eigenvalue weighted by molar-refractivity contribution is 5.91. The van der Waals surface area contributed by atoms with Crippen LogP contribution >= 0.6 is 0 Å². The fourth-order valence-electron chi connectivity index (χ4n) is 5.28.